The first-order chi connectivity index (χ1) is 8.22. The molecule has 5 nitrogen and oxygen atoms in total. The molecule has 17 heavy (non-hydrogen) atoms. The summed E-state index contributed by atoms with van der Waals surface area (Å²) in [5, 5.41) is 12.2. The maximum atomic E-state index is 4.43. The van der Waals surface area contributed by atoms with Gasteiger partial charge in [0.2, 0.25) is 0 Å². The third-order valence-corrected chi connectivity index (χ3v) is 2.67. The zero-order chi connectivity index (χ0) is 12.3. The number of anilines is 1. The van der Waals surface area contributed by atoms with E-state index < -0.39 is 0 Å². The van der Waals surface area contributed by atoms with Crippen LogP contribution in [0.2, 0.25) is 0 Å². The molecule has 0 radical (unpaired) electrons. The summed E-state index contributed by atoms with van der Waals surface area (Å²) < 4.78 is 3.89. The normalized spacial score (nSPS) is 10.8. The fraction of sp³-hybridized carbons (Fsp3) is 0.500. The van der Waals surface area contributed by atoms with Gasteiger partial charge in [-0.3, -0.25) is 4.68 Å². The van der Waals surface area contributed by atoms with Gasteiger partial charge in [0.05, 0.1) is 17.9 Å². The minimum atomic E-state index is 0.734. The monoisotopic (exact) mass is 233 g/mol. The quantitative estimate of drug-likeness (QED) is 0.859. The fourth-order valence-electron chi connectivity index (χ4n) is 1.78. The molecular formula is C12H19N5. The molecule has 0 atom stereocenters. The van der Waals surface area contributed by atoms with Crippen LogP contribution in [-0.2, 0) is 19.6 Å². The van der Waals surface area contributed by atoms with Crippen molar-refractivity contribution >= 4 is 5.82 Å². The topological polar surface area (TPSA) is 47.7 Å². The maximum absolute atomic E-state index is 4.43. The molecule has 92 valence electrons. The van der Waals surface area contributed by atoms with Gasteiger partial charge in [-0.15, -0.1) is 0 Å². The van der Waals surface area contributed by atoms with Crippen molar-refractivity contribution in [3.05, 3.63) is 29.7 Å². The first-order valence-corrected chi connectivity index (χ1v) is 6.03. The summed E-state index contributed by atoms with van der Waals surface area (Å²) in [6.07, 6.45) is 2.00. The van der Waals surface area contributed by atoms with Crippen molar-refractivity contribution in [2.24, 2.45) is 0 Å². The number of aromatic nitrogens is 4. The van der Waals surface area contributed by atoms with Gasteiger partial charge >= 0.3 is 0 Å². The van der Waals surface area contributed by atoms with E-state index in [1.54, 1.807) is 0 Å². The van der Waals surface area contributed by atoms with Crippen LogP contribution in [0.5, 0.6) is 0 Å². The average Bonchev–Trinajstić information content (AvgIpc) is 2.92. The molecule has 1 N–H and O–H groups in total. The van der Waals surface area contributed by atoms with Crippen molar-refractivity contribution in [2.45, 2.75) is 40.4 Å². The molecular weight excluding hydrogens is 214 g/mol. The van der Waals surface area contributed by atoms with E-state index >= 15 is 0 Å². The summed E-state index contributed by atoms with van der Waals surface area (Å²) in [6, 6.07) is 4.09. The van der Waals surface area contributed by atoms with E-state index in [2.05, 4.69) is 35.4 Å². The summed E-state index contributed by atoms with van der Waals surface area (Å²) in [5.74, 6) is 1.05. The first-order valence-electron chi connectivity index (χ1n) is 6.03. The summed E-state index contributed by atoms with van der Waals surface area (Å²) in [7, 11) is 0. The highest BCUT2D eigenvalue weighted by Gasteiger charge is 2.04. The predicted octanol–water partition coefficient (Wildman–Crippen LogP) is 2.04. The second-order valence-electron chi connectivity index (χ2n) is 4.00. The minimum Gasteiger partial charge on any atom is -0.365 e. The SMILES string of the molecule is CCn1ccc(CNc2cc(C)nn2CC)n1. The van der Waals surface area contributed by atoms with Gasteiger partial charge in [-0.1, -0.05) is 0 Å². The molecule has 0 saturated heterocycles. The number of hydrogen-bond donors (Lipinski definition) is 1. The van der Waals surface area contributed by atoms with Crippen molar-refractivity contribution < 1.29 is 0 Å². The van der Waals surface area contributed by atoms with Gasteiger partial charge in [0.25, 0.3) is 0 Å². The Morgan fingerprint density at radius 1 is 1.24 bits per heavy atom. The van der Waals surface area contributed by atoms with Gasteiger partial charge in [0.15, 0.2) is 0 Å². The average molecular weight is 233 g/mol. The van der Waals surface area contributed by atoms with Gasteiger partial charge in [-0.25, -0.2) is 4.68 Å². The minimum absolute atomic E-state index is 0.734. The Kier molecular flexibility index (Phi) is 3.46. The third-order valence-electron chi connectivity index (χ3n) is 2.67. The lowest BCUT2D eigenvalue weighted by molar-refractivity contribution is 0.643. The zero-order valence-corrected chi connectivity index (χ0v) is 10.6. The van der Waals surface area contributed by atoms with E-state index in [4.69, 9.17) is 0 Å². The predicted molar refractivity (Wildman–Crippen MR) is 67.9 cm³/mol. The Balaban J connectivity index is 2.01. The molecule has 0 saturated carbocycles. The van der Waals surface area contributed by atoms with Gasteiger partial charge < -0.3 is 5.32 Å². The van der Waals surface area contributed by atoms with Crippen LogP contribution in [0.25, 0.3) is 0 Å². The molecule has 2 rings (SSSR count). The van der Waals surface area contributed by atoms with E-state index in [1.807, 2.05) is 28.6 Å². The molecule has 0 aliphatic heterocycles. The highest BCUT2D eigenvalue weighted by molar-refractivity contribution is 5.37. The molecule has 0 amide bonds. The van der Waals surface area contributed by atoms with E-state index in [1.165, 1.54) is 0 Å². The second kappa shape index (κ2) is 5.03. The fourth-order valence-corrected chi connectivity index (χ4v) is 1.78. The summed E-state index contributed by atoms with van der Waals surface area (Å²) in [5.41, 5.74) is 2.08. The number of aryl methyl sites for hydroxylation is 3. The van der Waals surface area contributed by atoms with Crippen LogP contribution < -0.4 is 5.32 Å². The third kappa shape index (κ3) is 2.67. The molecule has 0 spiro atoms. The number of nitrogens with one attached hydrogen (secondary N) is 1. The van der Waals surface area contributed by atoms with Gasteiger partial charge in [-0.2, -0.15) is 10.2 Å². The standard InChI is InChI=1S/C12H19N5/c1-4-16-7-6-11(15-16)9-13-12-8-10(3)14-17(12)5-2/h6-8,13H,4-5,9H2,1-3H3. The molecule has 0 bridgehead atoms. The largest absolute Gasteiger partial charge is 0.365 e. The molecule has 2 aromatic rings. The molecule has 0 aliphatic rings. The molecule has 2 aromatic heterocycles. The Morgan fingerprint density at radius 2 is 2.06 bits per heavy atom. The van der Waals surface area contributed by atoms with Crippen LogP contribution in [0.4, 0.5) is 5.82 Å². The molecule has 0 fully saturated rings. The van der Waals surface area contributed by atoms with Crippen LogP contribution in [0.1, 0.15) is 25.2 Å². The van der Waals surface area contributed by atoms with Crippen molar-refractivity contribution in [3.8, 4) is 0 Å². The molecule has 0 unspecified atom stereocenters. The summed E-state index contributed by atoms with van der Waals surface area (Å²) in [4.78, 5) is 0. The highest BCUT2D eigenvalue weighted by atomic mass is 15.3. The Hall–Kier alpha value is -1.78. The van der Waals surface area contributed by atoms with Gasteiger partial charge in [-0.05, 0) is 26.8 Å². The first kappa shape index (κ1) is 11.7. The van der Waals surface area contributed by atoms with Gasteiger partial charge in [0.1, 0.15) is 5.82 Å². The van der Waals surface area contributed by atoms with Crippen LogP contribution >= 0.6 is 0 Å². The molecule has 2 heterocycles. The van der Waals surface area contributed by atoms with Crippen LogP contribution in [-0.4, -0.2) is 19.6 Å². The lowest BCUT2D eigenvalue weighted by Gasteiger charge is -2.06. The van der Waals surface area contributed by atoms with E-state index in [0.717, 1.165) is 36.8 Å². The smallest absolute Gasteiger partial charge is 0.124 e. The lowest BCUT2D eigenvalue weighted by Crippen LogP contribution is -2.07. The summed E-state index contributed by atoms with van der Waals surface area (Å²) >= 11 is 0. The van der Waals surface area contributed by atoms with Crippen molar-refractivity contribution in [3.63, 3.8) is 0 Å². The second-order valence-corrected chi connectivity index (χ2v) is 4.00. The van der Waals surface area contributed by atoms with Crippen LogP contribution in [0.3, 0.4) is 0 Å². The number of rotatable bonds is 5. The summed E-state index contributed by atoms with van der Waals surface area (Å²) in [6.45, 7) is 8.69. The Bertz CT molecular complexity index is 483. The lowest BCUT2D eigenvalue weighted by atomic mass is 10.4. The number of hydrogen-bond acceptors (Lipinski definition) is 3. The van der Waals surface area contributed by atoms with Crippen LogP contribution in [0.15, 0.2) is 18.3 Å². The highest BCUT2D eigenvalue weighted by Crippen LogP contribution is 2.11. The van der Waals surface area contributed by atoms with Gasteiger partial charge in [0, 0.05) is 25.4 Å². The zero-order valence-electron chi connectivity index (χ0n) is 10.6. The maximum Gasteiger partial charge on any atom is 0.124 e. The van der Waals surface area contributed by atoms with Crippen molar-refractivity contribution in [2.75, 3.05) is 5.32 Å². The Morgan fingerprint density at radius 3 is 2.71 bits per heavy atom. The van der Waals surface area contributed by atoms with E-state index in [0.29, 0.717) is 0 Å². The Labute approximate surface area is 101 Å². The van der Waals surface area contributed by atoms with Crippen LogP contribution in [0, 0.1) is 6.92 Å². The van der Waals surface area contributed by atoms with E-state index in [9.17, 15) is 0 Å². The number of nitrogens with zero attached hydrogens (tertiary/aromatic N) is 4. The molecule has 5 heteroatoms. The molecule has 0 aliphatic carbocycles. The van der Waals surface area contributed by atoms with Crippen molar-refractivity contribution in [1.82, 2.24) is 19.6 Å². The van der Waals surface area contributed by atoms with Crippen molar-refractivity contribution in [1.29, 1.82) is 0 Å². The van der Waals surface area contributed by atoms with E-state index in [-0.39, 0.29) is 0 Å². The molecule has 0 aromatic carbocycles.